The zero-order chi connectivity index (χ0) is 10.7. The summed E-state index contributed by atoms with van der Waals surface area (Å²) in [5, 5.41) is 1.88. The Morgan fingerprint density at radius 2 is 2.29 bits per heavy atom. The standard InChI is InChI=1S/C7H5BrFNO3S/c1-13-6(11)5-3(10-7(9)12)2-4(8)14-5/h2H,1H3,(H,10,12). The normalized spacial score (nSPS) is 9.64. The number of esters is 1. The molecule has 0 spiro atoms. The first-order valence-electron chi connectivity index (χ1n) is 3.38. The van der Waals surface area contributed by atoms with Gasteiger partial charge in [0.2, 0.25) is 0 Å². The van der Waals surface area contributed by atoms with Gasteiger partial charge >= 0.3 is 12.1 Å². The van der Waals surface area contributed by atoms with Crippen LogP contribution in [0.3, 0.4) is 0 Å². The highest BCUT2D eigenvalue weighted by atomic mass is 79.9. The predicted octanol–water partition coefficient (Wildman–Crippen LogP) is 2.80. The van der Waals surface area contributed by atoms with E-state index in [0.29, 0.717) is 3.79 Å². The Morgan fingerprint density at radius 1 is 1.64 bits per heavy atom. The summed E-state index contributed by atoms with van der Waals surface area (Å²) in [5.74, 6) is -0.621. The molecule has 1 amide bonds. The number of hydrogen-bond acceptors (Lipinski definition) is 4. The van der Waals surface area contributed by atoms with Crippen molar-refractivity contribution in [3.63, 3.8) is 0 Å². The molecule has 0 aliphatic carbocycles. The highest BCUT2D eigenvalue weighted by Gasteiger charge is 2.17. The van der Waals surface area contributed by atoms with Crippen molar-refractivity contribution in [2.45, 2.75) is 0 Å². The molecule has 0 atom stereocenters. The van der Waals surface area contributed by atoms with Gasteiger partial charge in [-0.25, -0.2) is 9.59 Å². The highest BCUT2D eigenvalue weighted by Crippen LogP contribution is 2.31. The summed E-state index contributed by atoms with van der Waals surface area (Å²) in [6.45, 7) is 0. The molecule has 0 radical (unpaired) electrons. The van der Waals surface area contributed by atoms with Gasteiger partial charge in [-0.2, -0.15) is 0 Å². The first kappa shape index (κ1) is 11.1. The lowest BCUT2D eigenvalue weighted by Crippen LogP contribution is -2.07. The molecule has 7 heteroatoms. The van der Waals surface area contributed by atoms with E-state index >= 15 is 0 Å². The van der Waals surface area contributed by atoms with Gasteiger partial charge in [0.05, 0.1) is 16.6 Å². The summed E-state index contributed by atoms with van der Waals surface area (Å²) in [7, 11) is 1.21. The van der Waals surface area contributed by atoms with Crippen molar-refractivity contribution < 1.29 is 18.7 Å². The zero-order valence-electron chi connectivity index (χ0n) is 6.97. The van der Waals surface area contributed by atoms with Gasteiger partial charge in [0.1, 0.15) is 4.88 Å². The molecule has 0 bridgehead atoms. The maximum Gasteiger partial charge on any atom is 0.401 e. The molecule has 0 aromatic carbocycles. The van der Waals surface area contributed by atoms with E-state index in [1.165, 1.54) is 13.2 Å². The van der Waals surface area contributed by atoms with Crippen LogP contribution in [-0.2, 0) is 4.74 Å². The monoisotopic (exact) mass is 281 g/mol. The van der Waals surface area contributed by atoms with Crippen LogP contribution in [-0.4, -0.2) is 19.2 Å². The second-order valence-corrected chi connectivity index (χ2v) is 4.62. The average Bonchev–Trinajstić information content (AvgIpc) is 2.44. The van der Waals surface area contributed by atoms with Crippen LogP contribution in [0.15, 0.2) is 9.85 Å². The number of hydrogen-bond donors (Lipinski definition) is 1. The quantitative estimate of drug-likeness (QED) is 0.515. The maximum atomic E-state index is 12.0. The first-order valence-corrected chi connectivity index (χ1v) is 4.99. The number of amides is 1. The van der Waals surface area contributed by atoms with Crippen molar-refractivity contribution in [2.75, 3.05) is 12.4 Å². The SMILES string of the molecule is COC(=O)c1sc(Br)cc1NC(=O)F. The Hall–Kier alpha value is -0.950. The van der Waals surface area contributed by atoms with Crippen molar-refractivity contribution in [1.29, 1.82) is 0 Å². The molecule has 1 rings (SSSR count). The van der Waals surface area contributed by atoms with E-state index in [9.17, 15) is 14.0 Å². The molecule has 76 valence electrons. The van der Waals surface area contributed by atoms with Gasteiger partial charge in [-0.15, -0.1) is 15.7 Å². The Balaban J connectivity index is 3.02. The van der Waals surface area contributed by atoms with Gasteiger partial charge in [-0.05, 0) is 22.0 Å². The molecule has 1 heterocycles. The van der Waals surface area contributed by atoms with E-state index in [2.05, 4.69) is 20.7 Å². The van der Waals surface area contributed by atoms with Crippen molar-refractivity contribution in [3.05, 3.63) is 14.7 Å². The van der Waals surface area contributed by atoms with E-state index in [0.717, 1.165) is 11.3 Å². The molecule has 4 nitrogen and oxygen atoms in total. The van der Waals surface area contributed by atoms with Gasteiger partial charge in [-0.1, -0.05) is 0 Å². The van der Waals surface area contributed by atoms with Crippen molar-refractivity contribution in [3.8, 4) is 0 Å². The minimum absolute atomic E-state index is 0.0984. The number of halogens is 2. The predicted molar refractivity (Wildman–Crippen MR) is 53.5 cm³/mol. The van der Waals surface area contributed by atoms with Gasteiger partial charge < -0.3 is 4.74 Å². The molecule has 1 N–H and O–H groups in total. The van der Waals surface area contributed by atoms with Crippen molar-refractivity contribution in [2.24, 2.45) is 0 Å². The van der Waals surface area contributed by atoms with Gasteiger partial charge in [-0.3, -0.25) is 5.32 Å². The molecular weight excluding hydrogens is 277 g/mol. The number of thiophene rings is 1. The number of rotatable bonds is 2. The Labute approximate surface area is 91.2 Å². The van der Waals surface area contributed by atoms with Crippen LogP contribution >= 0.6 is 27.3 Å². The smallest absolute Gasteiger partial charge is 0.401 e. The third kappa shape index (κ3) is 2.52. The third-order valence-corrected chi connectivity index (χ3v) is 2.92. The number of carbonyl (C=O) groups excluding carboxylic acids is 2. The van der Waals surface area contributed by atoms with E-state index in [4.69, 9.17) is 0 Å². The van der Waals surface area contributed by atoms with Crippen LogP contribution < -0.4 is 5.32 Å². The van der Waals surface area contributed by atoms with Crippen LogP contribution in [0.1, 0.15) is 9.67 Å². The highest BCUT2D eigenvalue weighted by molar-refractivity contribution is 9.11. The molecule has 14 heavy (non-hydrogen) atoms. The van der Waals surface area contributed by atoms with E-state index < -0.39 is 12.1 Å². The van der Waals surface area contributed by atoms with Gasteiger partial charge in [0, 0.05) is 0 Å². The molecule has 0 aliphatic rings. The van der Waals surface area contributed by atoms with Crippen LogP contribution in [0, 0.1) is 0 Å². The van der Waals surface area contributed by atoms with E-state index in [1.54, 1.807) is 0 Å². The number of anilines is 1. The fraction of sp³-hybridized carbons (Fsp3) is 0.143. The fourth-order valence-electron chi connectivity index (χ4n) is 0.804. The lowest BCUT2D eigenvalue weighted by molar-refractivity contribution is 0.0607. The summed E-state index contributed by atoms with van der Waals surface area (Å²) in [6, 6.07) is 1.42. The summed E-state index contributed by atoms with van der Waals surface area (Å²) >= 11 is 4.16. The van der Waals surface area contributed by atoms with Gasteiger partial charge in [0.15, 0.2) is 0 Å². The average molecular weight is 282 g/mol. The lowest BCUT2D eigenvalue weighted by atomic mass is 10.4. The molecule has 0 fully saturated rings. The molecule has 0 saturated heterocycles. The molecule has 0 aliphatic heterocycles. The number of carbonyl (C=O) groups is 2. The minimum Gasteiger partial charge on any atom is -0.465 e. The summed E-state index contributed by atoms with van der Waals surface area (Å²) in [5.41, 5.74) is 0.0984. The molecule has 1 aromatic rings. The van der Waals surface area contributed by atoms with Crippen molar-refractivity contribution in [1.82, 2.24) is 0 Å². The van der Waals surface area contributed by atoms with Crippen molar-refractivity contribution >= 4 is 45.1 Å². The first-order chi connectivity index (χ1) is 6.54. The molecule has 0 saturated carbocycles. The summed E-state index contributed by atoms with van der Waals surface area (Å²) < 4.78 is 17.1. The lowest BCUT2D eigenvalue weighted by Gasteiger charge is -1.99. The second kappa shape index (κ2) is 4.52. The van der Waals surface area contributed by atoms with Crippen LogP contribution in [0.2, 0.25) is 0 Å². The second-order valence-electron chi connectivity index (χ2n) is 2.18. The number of nitrogens with one attached hydrogen (secondary N) is 1. The van der Waals surface area contributed by atoms with Crippen LogP contribution in [0.4, 0.5) is 14.9 Å². The maximum absolute atomic E-state index is 12.0. The Morgan fingerprint density at radius 3 is 2.79 bits per heavy atom. The topological polar surface area (TPSA) is 55.4 Å². The number of methoxy groups -OCH3 is 1. The minimum atomic E-state index is -1.72. The Bertz CT molecular complexity index is 379. The van der Waals surface area contributed by atoms with E-state index in [1.807, 2.05) is 5.32 Å². The van der Waals surface area contributed by atoms with Gasteiger partial charge in [0.25, 0.3) is 0 Å². The number of ether oxygens (including phenoxy) is 1. The summed E-state index contributed by atoms with van der Waals surface area (Å²) in [4.78, 5) is 21.4. The van der Waals surface area contributed by atoms with E-state index in [-0.39, 0.29) is 10.6 Å². The Kier molecular flexibility index (Phi) is 3.59. The zero-order valence-corrected chi connectivity index (χ0v) is 9.37. The third-order valence-electron chi connectivity index (χ3n) is 1.31. The summed E-state index contributed by atoms with van der Waals surface area (Å²) in [6.07, 6.45) is -1.72. The van der Waals surface area contributed by atoms with Crippen LogP contribution in [0.25, 0.3) is 0 Å². The fourth-order valence-corrected chi connectivity index (χ4v) is 2.28. The molecule has 0 unspecified atom stereocenters. The largest absolute Gasteiger partial charge is 0.465 e. The molecule has 1 aromatic heterocycles. The molecular formula is C7H5BrFNO3S. The van der Waals surface area contributed by atoms with Crippen LogP contribution in [0.5, 0.6) is 0 Å².